The van der Waals surface area contributed by atoms with Gasteiger partial charge in [0, 0.05) is 42.2 Å². The molecule has 7 nitrogen and oxygen atoms in total. The number of fused-ring (bicyclic) bond motifs is 1. The number of aryl methyl sites for hydroxylation is 1. The number of benzene rings is 1. The summed E-state index contributed by atoms with van der Waals surface area (Å²) < 4.78 is 29.9. The molecule has 0 unspecified atom stereocenters. The lowest BCUT2D eigenvalue weighted by Gasteiger charge is -2.12. The molecule has 0 amide bonds. The van der Waals surface area contributed by atoms with Crippen molar-refractivity contribution in [3.05, 3.63) is 65.2 Å². The number of anilines is 1. The van der Waals surface area contributed by atoms with E-state index in [0.717, 1.165) is 11.1 Å². The van der Waals surface area contributed by atoms with Crippen molar-refractivity contribution < 1.29 is 8.42 Å². The highest BCUT2D eigenvalue weighted by Gasteiger charge is 2.23. The minimum Gasteiger partial charge on any atom is -0.275 e. The molecule has 10 heteroatoms. The summed E-state index contributed by atoms with van der Waals surface area (Å²) in [6.07, 6.45) is 6.72. The number of pyridine rings is 2. The molecule has 3 aromatic heterocycles. The first-order valence-electron chi connectivity index (χ1n) is 8.06. The third-order valence-corrected chi connectivity index (χ3v) is 6.36. The maximum atomic E-state index is 12.9. The number of nitrogens with zero attached hydrogens (tertiary/aromatic N) is 4. The van der Waals surface area contributed by atoms with Crippen molar-refractivity contribution in [2.24, 2.45) is 7.05 Å². The summed E-state index contributed by atoms with van der Waals surface area (Å²) in [7, 11) is -2.25. The van der Waals surface area contributed by atoms with Gasteiger partial charge >= 0.3 is 0 Å². The Morgan fingerprint density at radius 1 is 1.04 bits per heavy atom. The third kappa shape index (κ3) is 3.42. The van der Waals surface area contributed by atoms with Crippen LogP contribution in [0.25, 0.3) is 22.0 Å². The lowest BCUT2D eigenvalue weighted by molar-refractivity contribution is 0.601. The molecular formula is C18H13Cl2N5O2S. The first-order valence-corrected chi connectivity index (χ1v) is 10.3. The number of rotatable bonds is 4. The summed E-state index contributed by atoms with van der Waals surface area (Å²) in [6.45, 7) is 0. The van der Waals surface area contributed by atoms with E-state index in [1.807, 2.05) is 13.2 Å². The van der Waals surface area contributed by atoms with Crippen molar-refractivity contribution in [2.75, 3.05) is 4.72 Å². The second-order valence-electron chi connectivity index (χ2n) is 6.01. The minimum atomic E-state index is -4.06. The fraction of sp³-hybridized carbons (Fsp3) is 0.0556. The molecular weight excluding hydrogens is 421 g/mol. The minimum absolute atomic E-state index is 0.0226. The molecule has 3 heterocycles. The van der Waals surface area contributed by atoms with Crippen LogP contribution in [0.4, 0.5) is 5.82 Å². The summed E-state index contributed by atoms with van der Waals surface area (Å²) >= 11 is 12.1. The van der Waals surface area contributed by atoms with Crippen LogP contribution in [-0.4, -0.2) is 28.2 Å². The monoisotopic (exact) mass is 433 g/mol. The Balaban J connectivity index is 1.82. The first-order chi connectivity index (χ1) is 13.3. The lowest BCUT2D eigenvalue weighted by Crippen LogP contribution is -2.15. The molecule has 0 bridgehead atoms. The summed E-state index contributed by atoms with van der Waals surface area (Å²) in [4.78, 5) is 8.38. The molecule has 0 aliphatic carbocycles. The molecule has 4 rings (SSSR count). The molecule has 28 heavy (non-hydrogen) atoms. The SMILES string of the molecule is Cn1cc(-c2cnc3ccnc(NS(=O)(=O)c4c(Cl)cccc4Cl)c3c2)cn1. The second-order valence-corrected chi connectivity index (χ2v) is 8.44. The molecule has 0 fully saturated rings. The predicted molar refractivity (Wildman–Crippen MR) is 109 cm³/mol. The zero-order chi connectivity index (χ0) is 19.9. The molecule has 0 radical (unpaired) electrons. The van der Waals surface area contributed by atoms with Crippen LogP contribution < -0.4 is 4.72 Å². The van der Waals surface area contributed by atoms with Crippen LogP contribution in [0.3, 0.4) is 0 Å². The number of halogens is 2. The molecule has 0 saturated heterocycles. The molecule has 0 saturated carbocycles. The number of aromatic nitrogens is 4. The largest absolute Gasteiger partial charge is 0.275 e. The van der Waals surface area contributed by atoms with Crippen LogP contribution in [0.1, 0.15) is 0 Å². The summed E-state index contributed by atoms with van der Waals surface area (Å²) in [5.74, 6) is 0.131. The van der Waals surface area contributed by atoms with Gasteiger partial charge in [0.1, 0.15) is 10.7 Å². The van der Waals surface area contributed by atoms with Gasteiger partial charge in [0.2, 0.25) is 0 Å². The Morgan fingerprint density at radius 3 is 2.46 bits per heavy atom. The van der Waals surface area contributed by atoms with E-state index in [0.29, 0.717) is 10.9 Å². The Labute approximate surface area is 171 Å². The van der Waals surface area contributed by atoms with Gasteiger partial charge in [0.15, 0.2) is 0 Å². The van der Waals surface area contributed by atoms with Gasteiger partial charge in [0.25, 0.3) is 10.0 Å². The van der Waals surface area contributed by atoms with Gasteiger partial charge in [-0.05, 0) is 24.3 Å². The Bertz CT molecular complexity index is 1280. The van der Waals surface area contributed by atoms with Gasteiger partial charge in [-0.15, -0.1) is 0 Å². The molecule has 0 aliphatic heterocycles. The molecule has 4 aromatic rings. The van der Waals surface area contributed by atoms with E-state index in [1.165, 1.54) is 18.3 Å². The number of sulfonamides is 1. The predicted octanol–water partition coefficient (Wildman–Crippen LogP) is 4.14. The van der Waals surface area contributed by atoms with Crippen LogP contribution in [0.2, 0.25) is 10.0 Å². The number of nitrogens with one attached hydrogen (secondary N) is 1. The highest BCUT2D eigenvalue weighted by molar-refractivity contribution is 7.93. The van der Waals surface area contributed by atoms with Crippen molar-refractivity contribution >= 4 is 49.9 Å². The van der Waals surface area contributed by atoms with E-state index in [9.17, 15) is 8.42 Å². The van der Waals surface area contributed by atoms with Gasteiger partial charge in [-0.3, -0.25) is 14.4 Å². The van der Waals surface area contributed by atoms with Crippen molar-refractivity contribution in [1.82, 2.24) is 19.7 Å². The quantitative estimate of drug-likeness (QED) is 0.522. The van der Waals surface area contributed by atoms with E-state index in [-0.39, 0.29) is 20.8 Å². The van der Waals surface area contributed by atoms with Crippen molar-refractivity contribution in [3.63, 3.8) is 0 Å². The third-order valence-electron chi connectivity index (χ3n) is 4.07. The summed E-state index contributed by atoms with van der Waals surface area (Å²) in [6, 6.07) is 7.99. The van der Waals surface area contributed by atoms with Crippen LogP contribution in [0.5, 0.6) is 0 Å². The standard InChI is InChI=1S/C18H13Cl2N5O2S/c1-25-10-12(9-23-25)11-7-13-16(22-8-11)5-6-21-18(13)24-28(26,27)17-14(19)3-2-4-15(17)20/h2-10H,1H3,(H,21,24). The number of hydrogen-bond acceptors (Lipinski definition) is 5. The van der Waals surface area contributed by atoms with E-state index >= 15 is 0 Å². The van der Waals surface area contributed by atoms with Crippen LogP contribution in [0.15, 0.2) is 60.0 Å². The smallest absolute Gasteiger partial charge is 0.266 e. The van der Waals surface area contributed by atoms with E-state index in [1.54, 1.807) is 35.3 Å². The van der Waals surface area contributed by atoms with Gasteiger partial charge in [-0.1, -0.05) is 29.3 Å². The zero-order valence-electron chi connectivity index (χ0n) is 14.5. The van der Waals surface area contributed by atoms with Crippen LogP contribution in [0, 0.1) is 0 Å². The Morgan fingerprint density at radius 2 is 1.79 bits per heavy atom. The van der Waals surface area contributed by atoms with Crippen molar-refractivity contribution in [3.8, 4) is 11.1 Å². The van der Waals surface area contributed by atoms with Gasteiger partial charge in [-0.25, -0.2) is 13.4 Å². The normalized spacial score (nSPS) is 11.7. The molecule has 1 aromatic carbocycles. The van der Waals surface area contributed by atoms with Gasteiger partial charge in [0.05, 0.1) is 21.8 Å². The zero-order valence-corrected chi connectivity index (χ0v) is 16.8. The van der Waals surface area contributed by atoms with Crippen LogP contribution >= 0.6 is 23.2 Å². The van der Waals surface area contributed by atoms with E-state index in [2.05, 4.69) is 19.8 Å². The molecule has 0 aliphatic rings. The maximum Gasteiger partial charge on any atom is 0.266 e. The van der Waals surface area contributed by atoms with E-state index < -0.39 is 10.0 Å². The Kier molecular flexibility index (Phi) is 4.70. The first kappa shape index (κ1) is 18.7. The van der Waals surface area contributed by atoms with Crippen LogP contribution in [-0.2, 0) is 17.1 Å². The fourth-order valence-corrected chi connectivity index (χ4v) is 4.95. The fourth-order valence-electron chi connectivity index (χ4n) is 2.78. The highest BCUT2D eigenvalue weighted by Crippen LogP contribution is 2.32. The summed E-state index contributed by atoms with van der Waals surface area (Å²) in [5, 5.41) is 4.73. The lowest BCUT2D eigenvalue weighted by atomic mass is 10.1. The average Bonchev–Trinajstić information content (AvgIpc) is 3.07. The molecule has 142 valence electrons. The topological polar surface area (TPSA) is 89.8 Å². The molecule has 1 N–H and O–H groups in total. The van der Waals surface area contributed by atoms with E-state index in [4.69, 9.17) is 23.2 Å². The van der Waals surface area contributed by atoms with Crippen molar-refractivity contribution in [1.29, 1.82) is 0 Å². The van der Waals surface area contributed by atoms with Gasteiger partial charge < -0.3 is 0 Å². The maximum absolute atomic E-state index is 12.9. The average molecular weight is 434 g/mol. The molecule has 0 atom stereocenters. The van der Waals surface area contributed by atoms with Gasteiger partial charge in [-0.2, -0.15) is 5.10 Å². The Hall–Kier alpha value is -2.68. The number of hydrogen-bond donors (Lipinski definition) is 1. The molecule has 0 spiro atoms. The highest BCUT2D eigenvalue weighted by atomic mass is 35.5. The summed E-state index contributed by atoms with van der Waals surface area (Å²) in [5.41, 5.74) is 2.22. The van der Waals surface area contributed by atoms with Crippen molar-refractivity contribution in [2.45, 2.75) is 4.90 Å². The second kappa shape index (κ2) is 7.05.